The monoisotopic (exact) mass is 295 g/mol. The number of hydrogen-bond acceptors (Lipinski definition) is 2. The zero-order chi connectivity index (χ0) is 13.2. The van der Waals surface area contributed by atoms with Crippen molar-refractivity contribution in [2.75, 3.05) is 5.32 Å². The van der Waals surface area contributed by atoms with Gasteiger partial charge >= 0.3 is 0 Å². The van der Waals surface area contributed by atoms with Gasteiger partial charge in [-0.25, -0.2) is 4.98 Å². The average molecular weight is 296 g/mol. The average Bonchev–Trinajstić information content (AvgIpc) is 2.81. The van der Waals surface area contributed by atoms with Gasteiger partial charge in [-0.15, -0.1) is 0 Å². The molecule has 0 amide bonds. The van der Waals surface area contributed by atoms with E-state index in [0.717, 1.165) is 24.4 Å². The summed E-state index contributed by atoms with van der Waals surface area (Å²) in [5.74, 6) is 0.808. The van der Waals surface area contributed by atoms with Gasteiger partial charge in [0.15, 0.2) is 0 Å². The van der Waals surface area contributed by atoms with Crippen molar-refractivity contribution < 1.29 is 0 Å². The quantitative estimate of drug-likeness (QED) is 0.891. The highest BCUT2D eigenvalue weighted by molar-refractivity contribution is 6.36. The molecule has 1 aromatic heterocycles. The third-order valence-electron chi connectivity index (χ3n) is 3.45. The highest BCUT2D eigenvalue weighted by atomic mass is 35.5. The Bertz CT molecular complexity index is 549. The fourth-order valence-electron chi connectivity index (χ4n) is 2.41. The van der Waals surface area contributed by atoms with Crippen molar-refractivity contribution >= 4 is 29.2 Å². The van der Waals surface area contributed by atoms with Crippen molar-refractivity contribution in [3.05, 3.63) is 45.2 Å². The standard InChI is InChI=1S/C14H15Cl2N3/c15-10-4-3-5-11(16)9(10)8-17-14-18-12-6-1-2-7-13(12)19-14/h3-5H,1-2,6-8H2,(H2,17,18,19). The van der Waals surface area contributed by atoms with Crippen LogP contribution >= 0.6 is 23.2 Å². The molecule has 1 aliphatic carbocycles. The number of H-pyrrole nitrogens is 1. The van der Waals surface area contributed by atoms with Crippen molar-refractivity contribution in [3.8, 4) is 0 Å². The van der Waals surface area contributed by atoms with Crippen LogP contribution in [0.25, 0.3) is 0 Å². The molecule has 0 bridgehead atoms. The molecule has 1 aromatic carbocycles. The van der Waals surface area contributed by atoms with Crippen LogP contribution in [-0.2, 0) is 19.4 Å². The number of aryl methyl sites for hydroxylation is 2. The number of nitrogens with one attached hydrogen (secondary N) is 2. The summed E-state index contributed by atoms with van der Waals surface area (Å²) in [7, 11) is 0. The molecule has 0 unspecified atom stereocenters. The first kappa shape index (κ1) is 12.8. The van der Waals surface area contributed by atoms with Crippen LogP contribution in [0.15, 0.2) is 18.2 Å². The van der Waals surface area contributed by atoms with Crippen molar-refractivity contribution in [1.82, 2.24) is 9.97 Å². The van der Waals surface area contributed by atoms with Crippen LogP contribution in [0.2, 0.25) is 10.0 Å². The Balaban J connectivity index is 1.74. The highest BCUT2D eigenvalue weighted by Gasteiger charge is 2.14. The number of hydrogen-bond donors (Lipinski definition) is 2. The van der Waals surface area contributed by atoms with Crippen LogP contribution in [0, 0.1) is 0 Å². The summed E-state index contributed by atoms with van der Waals surface area (Å²) in [4.78, 5) is 7.91. The lowest BCUT2D eigenvalue weighted by Gasteiger charge is -2.07. The Morgan fingerprint density at radius 3 is 2.63 bits per heavy atom. The molecule has 2 N–H and O–H groups in total. The summed E-state index contributed by atoms with van der Waals surface area (Å²) in [6, 6.07) is 5.54. The number of nitrogens with zero attached hydrogens (tertiary/aromatic N) is 1. The van der Waals surface area contributed by atoms with E-state index in [0.29, 0.717) is 16.6 Å². The summed E-state index contributed by atoms with van der Waals surface area (Å²) in [5.41, 5.74) is 3.36. The zero-order valence-corrected chi connectivity index (χ0v) is 12.0. The predicted molar refractivity (Wildman–Crippen MR) is 79.0 cm³/mol. The second kappa shape index (κ2) is 5.43. The van der Waals surface area contributed by atoms with Crippen molar-refractivity contribution in [3.63, 3.8) is 0 Å². The molecule has 5 heteroatoms. The van der Waals surface area contributed by atoms with Gasteiger partial charge in [0.2, 0.25) is 5.95 Å². The topological polar surface area (TPSA) is 40.7 Å². The molecule has 2 aromatic rings. The zero-order valence-electron chi connectivity index (χ0n) is 10.5. The number of aromatic nitrogens is 2. The van der Waals surface area contributed by atoms with Crippen molar-refractivity contribution in [2.45, 2.75) is 32.2 Å². The fraction of sp³-hybridized carbons (Fsp3) is 0.357. The Morgan fingerprint density at radius 1 is 1.16 bits per heavy atom. The van der Waals surface area contributed by atoms with Gasteiger partial charge in [0, 0.05) is 27.8 Å². The van der Waals surface area contributed by atoms with Gasteiger partial charge in [0.1, 0.15) is 0 Å². The molecule has 1 heterocycles. The van der Waals surface area contributed by atoms with Crippen LogP contribution in [0.3, 0.4) is 0 Å². The first-order valence-corrected chi connectivity index (χ1v) is 7.24. The Hall–Kier alpha value is -1.19. The van der Waals surface area contributed by atoms with Gasteiger partial charge in [-0.2, -0.15) is 0 Å². The number of halogens is 2. The summed E-state index contributed by atoms with van der Waals surface area (Å²) in [6.45, 7) is 0.574. The minimum atomic E-state index is 0.574. The lowest BCUT2D eigenvalue weighted by Crippen LogP contribution is -2.02. The molecule has 0 saturated carbocycles. The lowest BCUT2D eigenvalue weighted by molar-refractivity contribution is 0.667. The molecule has 3 nitrogen and oxygen atoms in total. The van der Waals surface area contributed by atoms with E-state index in [1.54, 1.807) is 0 Å². The molecule has 0 saturated heterocycles. The number of aromatic amines is 1. The Kier molecular flexibility index (Phi) is 3.67. The predicted octanol–water partition coefficient (Wildman–Crippen LogP) is 4.21. The number of rotatable bonds is 3. The molecule has 0 aliphatic heterocycles. The van der Waals surface area contributed by atoms with Crippen LogP contribution in [0.1, 0.15) is 29.8 Å². The summed E-state index contributed by atoms with van der Waals surface area (Å²) in [5, 5.41) is 4.62. The largest absolute Gasteiger partial charge is 0.352 e. The van der Waals surface area contributed by atoms with E-state index in [4.69, 9.17) is 23.2 Å². The fourth-order valence-corrected chi connectivity index (χ4v) is 2.94. The second-order valence-electron chi connectivity index (χ2n) is 4.77. The van der Waals surface area contributed by atoms with Gasteiger partial charge in [-0.1, -0.05) is 29.3 Å². The van der Waals surface area contributed by atoms with E-state index < -0.39 is 0 Å². The van der Waals surface area contributed by atoms with E-state index in [1.165, 1.54) is 24.2 Å². The normalized spacial score (nSPS) is 14.2. The Labute approximate surface area is 122 Å². The molecule has 3 rings (SSSR count). The van der Waals surface area contributed by atoms with Gasteiger partial charge in [0.25, 0.3) is 0 Å². The number of benzene rings is 1. The Morgan fingerprint density at radius 2 is 1.89 bits per heavy atom. The maximum Gasteiger partial charge on any atom is 0.200 e. The molecular weight excluding hydrogens is 281 g/mol. The third kappa shape index (κ3) is 2.72. The SMILES string of the molecule is Clc1cccc(Cl)c1CNc1nc2c([nH]1)CCCC2. The minimum Gasteiger partial charge on any atom is -0.352 e. The minimum absolute atomic E-state index is 0.574. The third-order valence-corrected chi connectivity index (χ3v) is 4.16. The first-order valence-electron chi connectivity index (χ1n) is 6.48. The highest BCUT2D eigenvalue weighted by Crippen LogP contribution is 2.25. The molecule has 100 valence electrons. The lowest BCUT2D eigenvalue weighted by atomic mass is 10.0. The van der Waals surface area contributed by atoms with E-state index in [9.17, 15) is 0 Å². The van der Waals surface area contributed by atoms with Gasteiger partial charge in [-0.05, 0) is 37.8 Å². The number of imidazole rings is 1. The van der Waals surface area contributed by atoms with Crippen LogP contribution in [0.5, 0.6) is 0 Å². The summed E-state index contributed by atoms with van der Waals surface area (Å²) < 4.78 is 0. The molecule has 0 radical (unpaired) electrons. The van der Waals surface area contributed by atoms with Crippen LogP contribution < -0.4 is 5.32 Å². The van der Waals surface area contributed by atoms with E-state index in [2.05, 4.69) is 15.3 Å². The first-order chi connectivity index (χ1) is 9.24. The van der Waals surface area contributed by atoms with Gasteiger partial charge < -0.3 is 10.3 Å². The number of fused-ring (bicyclic) bond motifs is 1. The number of anilines is 1. The van der Waals surface area contributed by atoms with Crippen LogP contribution in [0.4, 0.5) is 5.95 Å². The van der Waals surface area contributed by atoms with Crippen molar-refractivity contribution in [1.29, 1.82) is 0 Å². The van der Waals surface area contributed by atoms with E-state index >= 15 is 0 Å². The maximum atomic E-state index is 6.14. The summed E-state index contributed by atoms with van der Waals surface area (Å²) in [6.07, 6.45) is 4.63. The van der Waals surface area contributed by atoms with Crippen molar-refractivity contribution in [2.24, 2.45) is 0 Å². The van der Waals surface area contributed by atoms with Gasteiger partial charge in [0.05, 0.1) is 5.69 Å². The molecular formula is C14H15Cl2N3. The second-order valence-corrected chi connectivity index (χ2v) is 5.59. The molecule has 1 aliphatic rings. The molecule has 0 spiro atoms. The van der Waals surface area contributed by atoms with E-state index in [-0.39, 0.29) is 0 Å². The van der Waals surface area contributed by atoms with Crippen LogP contribution in [-0.4, -0.2) is 9.97 Å². The molecule has 0 fully saturated rings. The molecule has 19 heavy (non-hydrogen) atoms. The molecule has 0 atom stereocenters. The smallest absolute Gasteiger partial charge is 0.200 e. The summed E-state index contributed by atoms with van der Waals surface area (Å²) >= 11 is 12.3. The van der Waals surface area contributed by atoms with E-state index in [1.807, 2.05) is 18.2 Å². The maximum absolute atomic E-state index is 6.14. The van der Waals surface area contributed by atoms with Gasteiger partial charge in [-0.3, -0.25) is 0 Å².